The first kappa shape index (κ1) is 7.08. The third-order valence-electron chi connectivity index (χ3n) is 1.03. The molecule has 1 aromatic heterocycles. The van der Waals surface area contributed by atoms with Gasteiger partial charge in [0.15, 0.2) is 5.75 Å². The van der Waals surface area contributed by atoms with E-state index in [1.165, 1.54) is 18.5 Å². The molecule has 0 aliphatic rings. The average molecular weight is 156 g/mol. The first-order valence-electron chi connectivity index (χ1n) is 2.71. The van der Waals surface area contributed by atoms with Crippen LogP contribution < -0.4 is 5.32 Å². The predicted molar refractivity (Wildman–Crippen MR) is 37.8 cm³/mol. The number of hydrogen-bond acceptors (Lipinski definition) is 2. The van der Waals surface area contributed by atoms with Crippen molar-refractivity contribution in [2.45, 2.75) is 0 Å². The summed E-state index contributed by atoms with van der Waals surface area (Å²) in [6.45, 7) is 0. The Morgan fingerprint density at radius 3 is 2.80 bits per heavy atom. The van der Waals surface area contributed by atoms with Crippen LogP contribution in [-0.2, 0) is 5.11 Å². The molecule has 1 N–H and O–H groups in total. The molecule has 10 heavy (non-hydrogen) atoms. The third-order valence-corrected chi connectivity index (χ3v) is 1.93. The van der Waals surface area contributed by atoms with Crippen LogP contribution in [0.2, 0.25) is 0 Å². The van der Waals surface area contributed by atoms with E-state index < -0.39 is 0 Å². The van der Waals surface area contributed by atoms with Crippen molar-refractivity contribution in [1.82, 2.24) is 5.32 Å². The van der Waals surface area contributed by atoms with Crippen molar-refractivity contribution in [3.05, 3.63) is 16.3 Å². The lowest BCUT2D eigenvalue weighted by Gasteiger charge is -1.90. The molecule has 0 aromatic carbocycles. The highest BCUT2D eigenvalue weighted by Crippen LogP contribution is 2.19. The number of nitrogens with one attached hydrogen (secondary N) is 1. The smallest absolute Gasteiger partial charge is 0.261 e. The second kappa shape index (κ2) is 2.70. The van der Waals surface area contributed by atoms with Gasteiger partial charge in [0.25, 0.3) is 5.91 Å². The van der Waals surface area contributed by atoms with Crippen LogP contribution in [0.1, 0.15) is 9.67 Å². The van der Waals surface area contributed by atoms with Crippen LogP contribution in [-0.4, -0.2) is 13.0 Å². The van der Waals surface area contributed by atoms with E-state index in [4.69, 9.17) is 0 Å². The maximum Gasteiger partial charge on any atom is 0.261 e. The van der Waals surface area contributed by atoms with Gasteiger partial charge in [0.1, 0.15) is 0 Å². The molecule has 4 heteroatoms. The molecule has 0 atom stereocenters. The van der Waals surface area contributed by atoms with Gasteiger partial charge in [-0.3, -0.25) is 9.90 Å². The van der Waals surface area contributed by atoms with Crippen LogP contribution in [0, 0.1) is 0 Å². The summed E-state index contributed by atoms with van der Waals surface area (Å²) < 4.78 is 0. The van der Waals surface area contributed by atoms with E-state index in [1.807, 2.05) is 0 Å². The molecule has 0 unspecified atom stereocenters. The number of hydrogen-bond donors (Lipinski definition) is 1. The van der Waals surface area contributed by atoms with Crippen molar-refractivity contribution in [1.29, 1.82) is 0 Å². The Kier molecular flexibility index (Phi) is 1.91. The molecule has 1 aromatic rings. The summed E-state index contributed by atoms with van der Waals surface area (Å²) >= 11 is 1.16. The molecule has 0 saturated carbocycles. The van der Waals surface area contributed by atoms with Crippen LogP contribution >= 0.6 is 11.3 Å². The van der Waals surface area contributed by atoms with E-state index >= 15 is 0 Å². The van der Waals surface area contributed by atoms with Gasteiger partial charge >= 0.3 is 0 Å². The van der Waals surface area contributed by atoms with Crippen molar-refractivity contribution in [3.63, 3.8) is 0 Å². The fourth-order valence-corrected chi connectivity index (χ4v) is 1.27. The van der Waals surface area contributed by atoms with Crippen molar-refractivity contribution in [2.75, 3.05) is 7.05 Å². The molecule has 1 radical (unpaired) electrons. The minimum atomic E-state index is -0.202. The van der Waals surface area contributed by atoms with Crippen LogP contribution in [0.3, 0.4) is 0 Å². The Morgan fingerprint density at radius 2 is 2.40 bits per heavy atom. The Hall–Kier alpha value is -1.03. The average Bonchev–Trinajstić information content (AvgIpc) is 2.34. The van der Waals surface area contributed by atoms with Gasteiger partial charge in [0.05, 0.1) is 4.88 Å². The zero-order chi connectivity index (χ0) is 7.56. The molecular formula is C6H6NO2S. The molecule has 1 amide bonds. The Balaban J connectivity index is 2.85. The highest BCUT2D eigenvalue weighted by molar-refractivity contribution is 7.12. The highest BCUT2D eigenvalue weighted by Gasteiger charge is 2.05. The molecule has 0 bridgehead atoms. The summed E-state index contributed by atoms with van der Waals surface area (Å²) in [5.74, 6) is -0.310. The Morgan fingerprint density at radius 1 is 1.70 bits per heavy atom. The van der Waals surface area contributed by atoms with E-state index in [0.717, 1.165) is 11.3 Å². The van der Waals surface area contributed by atoms with Gasteiger partial charge in [0, 0.05) is 18.5 Å². The molecule has 1 rings (SSSR count). The summed E-state index contributed by atoms with van der Waals surface area (Å²) in [5.41, 5.74) is 0. The second-order valence-corrected chi connectivity index (χ2v) is 2.64. The molecule has 0 fully saturated rings. The lowest BCUT2D eigenvalue weighted by Crippen LogP contribution is -2.15. The topological polar surface area (TPSA) is 49.0 Å². The molecule has 0 saturated heterocycles. The van der Waals surface area contributed by atoms with Crippen LogP contribution in [0.15, 0.2) is 11.4 Å². The molecule has 0 aliphatic heterocycles. The van der Waals surface area contributed by atoms with Crippen molar-refractivity contribution in [2.24, 2.45) is 0 Å². The second-order valence-electron chi connectivity index (χ2n) is 1.73. The summed E-state index contributed by atoms with van der Waals surface area (Å²) in [4.78, 5) is 11.3. The fraction of sp³-hybridized carbons (Fsp3) is 0.167. The Labute approximate surface area is 62.3 Å². The summed E-state index contributed by atoms with van der Waals surface area (Å²) in [6, 6.07) is 1.32. The summed E-state index contributed by atoms with van der Waals surface area (Å²) in [5, 5.41) is 14.4. The highest BCUT2D eigenvalue weighted by atomic mass is 32.1. The first-order valence-corrected chi connectivity index (χ1v) is 3.59. The molecule has 0 aliphatic carbocycles. The van der Waals surface area contributed by atoms with Crippen LogP contribution in [0.4, 0.5) is 0 Å². The monoisotopic (exact) mass is 156 g/mol. The van der Waals surface area contributed by atoms with E-state index in [2.05, 4.69) is 5.32 Å². The fourth-order valence-electron chi connectivity index (χ4n) is 0.561. The zero-order valence-corrected chi connectivity index (χ0v) is 6.20. The van der Waals surface area contributed by atoms with E-state index in [1.54, 1.807) is 0 Å². The van der Waals surface area contributed by atoms with Crippen molar-refractivity contribution < 1.29 is 9.90 Å². The molecular weight excluding hydrogens is 150 g/mol. The maximum atomic E-state index is 10.8. The maximum absolute atomic E-state index is 10.8. The SMILES string of the molecule is CNC(=O)c1cc([O])cs1. The first-order chi connectivity index (χ1) is 4.74. The number of rotatable bonds is 1. The molecule has 3 nitrogen and oxygen atoms in total. The number of amides is 1. The van der Waals surface area contributed by atoms with E-state index in [9.17, 15) is 9.90 Å². The number of carbonyl (C=O) groups is 1. The van der Waals surface area contributed by atoms with Gasteiger partial charge < -0.3 is 5.32 Å². The van der Waals surface area contributed by atoms with Gasteiger partial charge in [-0.25, -0.2) is 0 Å². The quantitative estimate of drug-likeness (QED) is 0.653. The lowest BCUT2D eigenvalue weighted by molar-refractivity contribution is 0.0966. The molecule has 0 spiro atoms. The van der Waals surface area contributed by atoms with Crippen molar-refractivity contribution in [3.8, 4) is 5.75 Å². The Bertz CT molecular complexity index is 244. The minimum absolute atomic E-state index is 0.108. The minimum Gasteiger partial charge on any atom is -0.354 e. The van der Waals surface area contributed by atoms with E-state index in [0.29, 0.717) is 4.88 Å². The summed E-state index contributed by atoms with van der Waals surface area (Å²) in [6.07, 6.45) is 0. The number of carbonyl (C=O) groups excluding carboxylic acids is 1. The van der Waals surface area contributed by atoms with Crippen LogP contribution in [0.5, 0.6) is 5.75 Å². The third kappa shape index (κ3) is 1.27. The van der Waals surface area contributed by atoms with Gasteiger partial charge in [-0.1, -0.05) is 0 Å². The molecule has 1 heterocycles. The van der Waals surface area contributed by atoms with Gasteiger partial charge in [-0.2, -0.15) is 0 Å². The van der Waals surface area contributed by atoms with Crippen LogP contribution in [0.25, 0.3) is 0 Å². The number of thiophene rings is 1. The van der Waals surface area contributed by atoms with Gasteiger partial charge in [0.2, 0.25) is 0 Å². The largest absolute Gasteiger partial charge is 0.354 e. The van der Waals surface area contributed by atoms with Crippen molar-refractivity contribution >= 4 is 17.2 Å². The lowest BCUT2D eigenvalue weighted by atomic mass is 10.4. The van der Waals surface area contributed by atoms with E-state index in [-0.39, 0.29) is 11.7 Å². The van der Waals surface area contributed by atoms with Gasteiger partial charge in [-0.05, 0) is 0 Å². The normalized spacial score (nSPS) is 9.30. The predicted octanol–water partition coefficient (Wildman–Crippen LogP) is 1.25. The summed E-state index contributed by atoms with van der Waals surface area (Å²) in [7, 11) is 1.53. The standard InChI is InChI=1S/C6H6NO2S/c1-7-6(9)5-2-4(8)3-10-5/h2-3H,1H3,(H,7,9). The molecule has 53 valence electrons. The zero-order valence-electron chi connectivity index (χ0n) is 5.38. The van der Waals surface area contributed by atoms with Gasteiger partial charge in [-0.15, -0.1) is 11.3 Å².